The van der Waals surface area contributed by atoms with E-state index in [1.807, 2.05) is 37.3 Å². The molecule has 1 atom stereocenters. The van der Waals surface area contributed by atoms with Gasteiger partial charge in [0.05, 0.1) is 12.1 Å². The number of nitrogens with two attached hydrogens (primary N) is 1. The van der Waals surface area contributed by atoms with Gasteiger partial charge in [0.15, 0.2) is 0 Å². The van der Waals surface area contributed by atoms with Crippen molar-refractivity contribution in [2.24, 2.45) is 5.73 Å². The Labute approximate surface area is 118 Å². The van der Waals surface area contributed by atoms with Crippen molar-refractivity contribution in [2.75, 3.05) is 6.61 Å². The first kappa shape index (κ1) is 13.1. The number of aryl methyl sites for hydroxylation is 1. The Morgan fingerprint density at radius 2 is 1.95 bits per heavy atom. The molecule has 3 rings (SSSR count). The van der Waals surface area contributed by atoms with Crippen LogP contribution >= 0.6 is 0 Å². The second-order valence-corrected chi connectivity index (χ2v) is 5.23. The molecule has 0 heterocycles. The lowest BCUT2D eigenvalue weighted by Gasteiger charge is -2.26. The maximum atomic E-state index is 13.3. The van der Waals surface area contributed by atoms with Crippen LogP contribution in [0.4, 0.5) is 4.39 Å². The van der Waals surface area contributed by atoms with Crippen LogP contribution in [0.2, 0.25) is 0 Å². The summed E-state index contributed by atoms with van der Waals surface area (Å²) in [4.78, 5) is 0. The van der Waals surface area contributed by atoms with E-state index in [2.05, 4.69) is 0 Å². The number of rotatable bonds is 3. The van der Waals surface area contributed by atoms with Gasteiger partial charge >= 0.3 is 0 Å². The summed E-state index contributed by atoms with van der Waals surface area (Å²) in [7, 11) is 0. The minimum atomic E-state index is -0.520. The fourth-order valence-electron chi connectivity index (χ4n) is 2.99. The van der Waals surface area contributed by atoms with Gasteiger partial charge in [-0.25, -0.2) is 4.39 Å². The van der Waals surface area contributed by atoms with Crippen LogP contribution in [0.1, 0.15) is 30.0 Å². The predicted octanol–water partition coefficient (Wildman–Crippen LogP) is 3.37. The number of benzene rings is 2. The average molecular weight is 271 g/mol. The van der Waals surface area contributed by atoms with Gasteiger partial charge in [-0.1, -0.05) is 18.2 Å². The molecule has 0 saturated heterocycles. The van der Waals surface area contributed by atoms with Gasteiger partial charge in [0, 0.05) is 0 Å². The molecule has 0 aliphatic heterocycles. The van der Waals surface area contributed by atoms with Crippen LogP contribution in [0.3, 0.4) is 0 Å². The van der Waals surface area contributed by atoms with E-state index < -0.39 is 5.54 Å². The van der Waals surface area contributed by atoms with Crippen molar-refractivity contribution in [3.05, 3.63) is 65.0 Å². The Morgan fingerprint density at radius 3 is 2.65 bits per heavy atom. The fraction of sp³-hybridized carbons (Fsp3) is 0.294. The van der Waals surface area contributed by atoms with Gasteiger partial charge in [0.25, 0.3) is 0 Å². The molecule has 2 aromatic carbocycles. The SMILES string of the molecule is CCOc1ccc(C2(N)CCc3cc(F)ccc32)cc1. The van der Waals surface area contributed by atoms with Crippen molar-refractivity contribution in [2.45, 2.75) is 25.3 Å². The molecule has 0 spiro atoms. The van der Waals surface area contributed by atoms with Gasteiger partial charge in [-0.2, -0.15) is 0 Å². The lowest BCUT2D eigenvalue weighted by molar-refractivity contribution is 0.340. The zero-order chi connectivity index (χ0) is 14.2. The van der Waals surface area contributed by atoms with Gasteiger partial charge in [-0.05, 0) is 60.7 Å². The highest BCUT2D eigenvalue weighted by atomic mass is 19.1. The Balaban J connectivity index is 1.98. The average Bonchev–Trinajstić information content (AvgIpc) is 2.78. The summed E-state index contributed by atoms with van der Waals surface area (Å²) in [5.41, 5.74) is 9.18. The second kappa shape index (κ2) is 4.91. The monoisotopic (exact) mass is 271 g/mol. The lowest BCUT2D eigenvalue weighted by atomic mass is 9.85. The minimum Gasteiger partial charge on any atom is -0.494 e. The molecule has 0 radical (unpaired) electrons. The number of ether oxygens (including phenoxy) is 1. The first-order chi connectivity index (χ1) is 9.63. The van der Waals surface area contributed by atoms with Crippen molar-refractivity contribution >= 4 is 0 Å². The zero-order valence-electron chi connectivity index (χ0n) is 11.5. The van der Waals surface area contributed by atoms with Crippen LogP contribution in [0.15, 0.2) is 42.5 Å². The highest BCUT2D eigenvalue weighted by molar-refractivity contribution is 5.47. The summed E-state index contributed by atoms with van der Waals surface area (Å²) < 4.78 is 18.7. The molecule has 0 amide bonds. The molecule has 2 nitrogen and oxygen atoms in total. The molecule has 1 aliphatic carbocycles. The van der Waals surface area contributed by atoms with E-state index in [-0.39, 0.29) is 5.82 Å². The number of hydrogen-bond donors (Lipinski definition) is 1. The summed E-state index contributed by atoms with van der Waals surface area (Å²) in [5, 5.41) is 0. The van der Waals surface area contributed by atoms with Gasteiger partial charge < -0.3 is 10.5 Å². The normalized spacial score (nSPS) is 20.8. The molecular formula is C17H18FNO. The predicted molar refractivity (Wildman–Crippen MR) is 77.3 cm³/mol. The molecule has 0 fully saturated rings. The first-order valence-electron chi connectivity index (χ1n) is 6.94. The summed E-state index contributed by atoms with van der Waals surface area (Å²) in [6.45, 7) is 2.61. The van der Waals surface area contributed by atoms with Crippen molar-refractivity contribution in [3.8, 4) is 5.75 Å². The van der Waals surface area contributed by atoms with Crippen LogP contribution in [-0.2, 0) is 12.0 Å². The largest absolute Gasteiger partial charge is 0.494 e. The van der Waals surface area contributed by atoms with Crippen LogP contribution in [0.25, 0.3) is 0 Å². The van der Waals surface area contributed by atoms with E-state index in [9.17, 15) is 4.39 Å². The van der Waals surface area contributed by atoms with Crippen molar-refractivity contribution < 1.29 is 9.13 Å². The highest BCUT2D eigenvalue weighted by Gasteiger charge is 2.36. The van der Waals surface area contributed by atoms with Crippen molar-refractivity contribution in [1.82, 2.24) is 0 Å². The molecule has 2 aromatic rings. The quantitative estimate of drug-likeness (QED) is 0.929. The lowest BCUT2D eigenvalue weighted by Crippen LogP contribution is -2.35. The third-order valence-corrected chi connectivity index (χ3v) is 4.02. The standard InChI is InChI=1S/C17H18FNO/c1-2-20-15-6-3-13(4-7-15)17(19)10-9-12-11-14(18)5-8-16(12)17/h3-8,11H,2,9-10,19H2,1H3. The Kier molecular flexibility index (Phi) is 3.22. The highest BCUT2D eigenvalue weighted by Crippen LogP contribution is 2.40. The third kappa shape index (κ3) is 2.08. The fourth-order valence-corrected chi connectivity index (χ4v) is 2.99. The van der Waals surface area contributed by atoms with Crippen molar-refractivity contribution in [1.29, 1.82) is 0 Å². The third-order valence-electron chi connectivity index (χ3n) is 4.02. The van der Waals surface area contributed by atoms with Gasteiger partial charge in [-0.3, -0.25) is 0 Å². The molecule has 0 aromatic heterocycles. The smallest absolute Gasteiger partial charge is 0.123 e. The first-order valence-corrected chi connectivity index (χ1v) is 6.94. The van der Waals surface area contributed by atoms with Crippen LogP contribution in [0, 0.1) is 5.82 Å². The number of hydrogen-bond acceptors (Lipinski definition) is 2. The topological polar surface area (TPSA) is 35.2 Å². The maximum Gasteiger partial charge on any atom is 0.123 e. The van der Waals surface area contributed by atoms with Gasteiger partial charge in [0.2, 0.25) is 0 Å². The summed E-state index contributed by atoms with van der Waals surface area (Å²) in [6, 6.07) is 12.8. The Morgan fingerprint density at radius 1 is 1.20 bits per heavy atom. The summed E-state index contributed by atoms with van der Waals surface area (Å²) in [5.74, 6) is 0.650. The molecule has 104 valence electrons. The molecule has 3 heteroatoms. The summed E-state index contributed by atoms with van der Waals surface area (Å²) in [6.07, 6.45) is 1.62. The molecule has 1 aliphatic rings. The number of fused-ring (bicyclic) bond motifs is 1. The van der Waals surface area contributed by atoms with Crippen LogP contribution in [0.5, 0.6) is 5.75 Å². The van der Waals surface area contributed by atoms with E-state index in [1.54, 1.807) is 6.07 Å². The van der Waals surface area contributed by atoms with Crippen LogP contribution < -0.4 is 10.5 Å². The molecule has 2 N–H and O–H groups in total. The molecule has 0 saturated carbocycles. The Hall–Kier alpha value is -1.87. The maximum absolute atomic E-state index is 13.3. The van der Waals surface area contributed by atoms with E-state index in [1.165, 1.54) is 6.07 Å². The van der Waals surface area contributed by atoms with Gasteiger partial charge in [0.1, 0.15) is 11.6 Å². The molecule has 20 heavy (non-hydrogen) atoms. The van der Waals surface area contributed by atoms with E-state index in [4.69, 9.17) is 10.5 Å². The number of halogens is 1. The molecule has 1 unspecified atom stereocenters. The van der Waals surface area contributed by atoms with Gasteiger partial charge in [-0.15, -0.1) is 0 Å². The zero-order valence-corrected chi connectivity index (χ0v) is 11.5. The van der Waals surface area contributed by atoms with E-state index in [0.717, 1.165) is 35.3 Å². The molecule has 0 bridgehead atoms. The van der Waals surface area contributed by atoms with Crippen LogP contribution in [-0.4, -0.2) is 6.61 Å². The second-order valence-electron chi connectivity index (χ2n) is 5.23. The van der Waals surface area contributed by atoms with E-state index in [0.29, 0.717) is 6.61 Å². The Bertz CT molecular complexity index is 623. The summed E-state index contributed by atoms with van der Waals surface area (Å²) >= 11 is 0. The van der Waals surface area contributed by atoms with E-state index >= 15 is 0 Å². The van der Waals surface area contributed by atoms with Crippen molar-refractivity contribution in [3.63, 3.8) is 0 Å². The minimum absolute atomic E-state index is 0.195. The molecular weight excluding hydrogens is 253 g/mol.